The number of amides is 3. The number of nitro groups is 1. The van der Waals surface area contributed by atoms with Crippen molar-refractivity contribution in [3.05, 3.63) is 70.3 Å². The topological polar surface area (TPSA) is 127 Å². The molecule has 3 amide bonds. The molecule has 6 aliphatic rings. The molecule has 2 aromatic carbocycles. The molecule has 4 fully saturated rings. The van der Waals surface area contributed by atoms with E-state index >= 15 is 0 Å². The Bertz CT molecular complexity index is 1480. The van der Waals surface area contributed by atoms with Gasteiger partial charge in [0.15, 0.2) is 0 Å². The van der Waals surface area contributed by atoms with E-state index in [0.717, 1.165) is 6.42 Å². The molecule has 198 valence electrons. The zero-order valence-electron chi connectivity index (χ0n) is 21.1. The average Bonchev–Trinajstić information content (AvgIpc) is 3.59. The number of esters is 1. The van der Waals surface area contributed by atoms with Gasteiger partial charge < -0.3 is 9.64 Å². The number of hydrogen-bond acceptors (Lipinski definition) is 7. The summed E-state index contributed by atoms with van der Waals surface area (Å²) in [7, 11) is 0. The van der Waals surface area contributed by atoms with Gasteiger partial charge in [-0.2, -0.15) is 0 Å². The Balaban J connectivity index is 1.07. The van der Waals surface area contributed by atoms with Crippen LogP contribution >= 0.6 is 0 Å². The maximum atomic E-state index is 13.4. The largest absolute Gasteiger partial charge is 0.426 e. The first-order chi connectivity index (χ1) is 18.7. The van der Waals surface area contributed by atoms with Crippen molar-refractivity contribution < 1.29 is 28.8 Å². The molecular weight excluding hydrogens is 502 g/mol. The molecule has 39 heavy (non-hydrogen) atoms. The Hall–Kier alpha value is -4.34. The number of ether oxygens (including phenoxy) is 1. The van der Waals surface area contributed by atoms with Crippen molar-refractivity contribution in [1.82, 2.24) is 0 Å². The van der Waals surface area contributed by atoms with Crippen LogP contribution in [0.1, 0.15) is 18.4 Å². The number of carbonyl (C=O) groups excluding carboxylic acids is 4. The smallest absolute Gasteiger partial charge is 0.316 e. The zero-order chi connectivity index (χ0) is 27.2. The summed E-state index contributed by atoms with van der Waals surface area (Å²) < 4.78 is 5.59. The van der Waals surface area contributed by atoms with Crippen molar-refractivity contribution in [3.8, 4) is 5.75 Å². The van der Waals surface area contributed by atoms with Crippen molar-refractivity contribution in [2.24, 2.45) is 41.4 Å². The monoisotopic (exact) mass is 527 g/mol. The summed E-state index contributed by atoms with van der Waals surface area (Å²) in [6, 6.07) is 10.9. The van der Waals surface area contributed by atoms with E-state index in [-0.39, 0.29) is 65.8 Å². The van der Waals surface area contributed by atoms with Crippen molar-refractivity contribution in [1.29, 1.82) is 0 Å². The summed E-state index contributed by atoms with van der Waals surface area (Å²) in [5.74, 6) is -1.34. The molecule has 2 saturated heterocycles. The van der Waals surface area contributed by atoms with Gasteiger partial charge in [-0.3, -0.25) is 29.3 Å². The fraction of sp³-hybridized carbons (Fsp3) is 0.379. The molecule has 0 unspecified atom stereocenters. The second-order valence-electron chi connectivity index (χ2n) is 11.2. The lowest BCUT2D eigenvalue weighted by Crippen LogP contribution is -2.40. The van der Waals surface area contributed by atoms with Gasteiger partial charge in [-0.1, -0.05) is 24.3 Å². The van der Waals surface area contributed by atoms with E-state index in [2.05, 4.69) is 12.2 Å². The molecule has 10 nitrogen and oxygen atoms in total. The predicted molar refractivity (Wildman–Crippen MR) is 138 cm³/mol. The van der Waals surface area contributed by atoms with Crippen molar-refractivity contribution >= 4 is 40.8 Å². The zero-order valence-corrected chi connectivity index (χ0v) is 21.1. The number of aryl methyl sites for hydroxylation is 1. The Morgan fingerprint density at radius 3 is 2.33 bits per heavy atom. The number of hydrogen-bond donors (Lipinski definition) is 0. The lowest BCUT2D eigenvalue weighted by molar-refractivity contribution is -0.385. The molecule has 8 rings (SSSR count). The van der Waals surface area contributed by atoms with E-state index in [0.29, 0.717) is 28.8 Å². The molecule has 10 heteroatoms. The van der Waals surface area contributed by atoms with E-state index in [1.807, 2.05) is 0 Å². The van der Waals surface area contributed by atoms with Gasteiger partial charge in [0.05, 0.1) is 34.1 Å². The first kappa shape index (κ1) is 23.8. The second kappa shape index (κ2) is 8.33. The maximum Gasteiger partial charge on any atom is 0.316 e. The number of nitrogens with zero attached hydrogens (tertiary/aromatic N) is 3. The van der Waals surface area contributed by atoms with Crippen LogP contribution in [0, 0.1) is 58.5 Å². The number of nitro benzene ring substituents is 1. The Kier molecular flexibility index (Phi) is 5.07. The third-order valence-corrected chi connectivity index (χ3v) is 9.12. The molecule has 0 aromatic heterocycles. The summed E-state index contributed by atoms with van der Waals surface area (Å²) in [4.78, 5) is 65.9. The quantitative estimate of drug-likeness (QED) is 0.146. The summed E-state index contributed by atoms with van der Waals surface area (Å²) in [5.41, 5.74) is 1.09. The van der Waals surface area contributed by atoms with Gasteiger partial charge in [-0.15, -0.1) is 0 Å². The summed E-state index contributed by atoms with van der Waals surface area (Å²) in [6.45, 7) is 1.64. The van der Waals surface area contributed by atoms with Gasteiger partial charge in [-0.25, -0.2) is 4.90 Å². The average molecular weight is 528 g/mol. The predicted octanol–water partition coefficient (Wildman–Crippen LogP) is 3.42. The number of anilines is 2. The van der Waals surface area contributed by atoms with E-state index in [1.54, 1.807) is 37.3 Å². The highest BCUT2D eigenvalue weighted by Gasteiger charge is 2.67. The maximum absolute atomic E-state index is 13.4. The van der Waals surface area contributed by atoms with Gasteiger partial charge in [0.1, 0.15) is 5.75 Å². The van der Waals surface area contributed by atoms with E-state index in [9.17, 15) is 29.3 Å². The SMILES string of the molecule is Cc1ccc(N2C[C@H](C(=O)Oc3cccc(N4C(=O)[C@@H]5[C@H]6C=C[C@@H]([C@@H]7C[C@@H]67)[C@@H]5C4=O)c3)CC2=O)cc1[N+](=O)[O-]. The highest BCUT2D eigenvalue weighted by molar-refractivity contribution is 6.22. The molecule has 2 saturated carbocycles. The molecule has 7 atom stereocenters. The molecule has 4 aliphatic carbocycles. The Morgan fingerprint density at radius 1 is 0.974 bits per heavy atom. The van der Waals surface area contributed by atoms with Crippen LogP contribution in [0.3, 0.4) is 0 Å². The highest BCUT2D eigenvalue weighted by atomic mass is 16.6. The number of rotatable bonds is 5. The van der Waals surface area contributed by atoms with E-state index < -0.39 is 16.8 Å². The first-order valence-corrected chi connectivity index (χ1v) is 13.2. The summed E-state index contributed by atoms with van der Waals surface area (Å²) in [5, 5.41) is 11.3. The standard InChI is InChI=1S/C29H25N3O7/c1-14-5-6-16(11-23(14)32(37)38)30-13-15(9-24(30)33)29(36)39-18-4-2-3-17(10-18)31-27(34)25-19-7-8-20(22-12-21(19)22)26(25)28(31)35/h2-8,10-11,15,19-22,25-26H,9,12-13H2,1H3/t15-,19+,20+,21+,22+,25-,26+/m1/s1. The fourth-order valence-electron chi connectivity index (χ4n) is 7.17. The van der Waals surface area contributed by atoms with E-state index in [4.69, 9.17) is 4.74 Å². The van der Waals surface area contributed by atoms with Crippen LogP contribution in [0.2, 0.25) is 0 Å². The Labute approximate surface area is 223 Å². The minimum absolute atomic E-state index is 0.0299. The summed E-state index contributed by atoms with van der Waals surface area (Å²) in [6.07, 6.45) is 5.23. The molecule has 2 heterocycles. The van der Waals surface area contributed by atoms with Gasteiger partial charge in [0, 0.05) is 30.7 Å². The van der Waals surface area contributed by atoms with E-state index in [1.165, 1.54) is 21.9 Å². The number of carbonyl (C=O) groups is 4. The third kappa shape index (κ3) is 3.54. The van der Waals surface area contributed by atoms with Gasteiger partial charge >= 0.3 is 5.97 Å². The summed E-state index contributed by atoms with van der Waals surface area (Å²) >= 11 is 0. The van der Waals surface area contributed by atoms with Crippen LogP contribution in [0.25, 0.3) is 0 Å². The highest BCUT2D eigenvalue weighted by Crippen LogP contribution is 2.65. The van der Waals surface area contributed by atoms with Crippen LogP contribution in [0.5, 0.6) is 5.75 Å². The number of allylic oxidation sites excluding steroid dienone is 2. The molecule has 2 aromatic rings. The van der Waals surface area contributed by atoms with Gasteiger partial charge in [0.2, 0.25) is 17.7 Å². The Morgan fingerprint density at radius 2 is 1.67 bits per heavy atom. The van der Waals surface area contributed by atoms with Crippen LogP contribution in [0.15, 0.2) is 54.6 Å². The number of benzene rings is 2. The number of imide groups is 1. The van der Waals surface area contributed by atoms with Crippen LogP contribution < -0.4 is 14.5 Å². The molecule has 0 N–H and O–H groups in total. The van der Waals surface area contributed by atoms with Crippen LogP contribution in [0.4, 0.5) is 17.1 Å². The lowest BCUT2D eigenvalue weighted by atomic mass is 9.63. The van der Waals surface area contributed by atoms with Crippen LogP contribution in [-0.4, -0.2) is 35.2 Å². The molecule has 2 bridgehead atoms. The fourth-order valence-corrected chi connectivity index (χ4v) is 7.17. The van der Waals surface area contributed by atoms with Crippen molar-refractivity contribution in [2.45, 2.75) is 19.8 Å². The van der Waals surface area contributed by atoms with Gasteiger partial charge in [-0.05, 0) is 55.2 Å². The molecule has 0 spiro atoms. The van der Waals surface area contributed by atoms with Crippen molar-refractivity contribution in [2.75, 3.05) is 16.3 Å². The molecule has 0 radical (unpaired) electrons. The van der Waals surface area contributed by atoms with Crippen molar-refractivity contribution in [3.63, 3.8) is 0 Å². The molecule has 2 aliphatic heterocycles. The van der Waals surface area contributed by atoms with Gasteiger partial charge in [0.25, 0.3) is 5.69 Å². The van der Waals surface area contributed by atoms with Crippen LogP contribution in [-0.2, 0) is 19.2 Å². The molecular formula is C29H25N3O7. The first-order valence-electron chi connectivity index (χ1n) is 13.2. The lowest BCUT2D eigenvalue weighted by Gasteiger charge is -2.37. The minimum Gasteiger partial charge on any atom is -0.426 e. The minimum atomic E-state index is -0.771. The third-order valence-electron chi connectivity index (χ3n) is 9.12. The normalized spacial score (nSPS) is 31.9. The second-order valence-corrected chi connectivity index (χ2v) is 11.2.